The molecule has 0 aliphatic carbocycles. The van der Waals surface area contributed by atoms with Crippen molar-refractivity contribution in [1.29, 1.82) is 5.41 Å². The number of rotatable bonds is 7. The maximum atomic E-state index is 14.0. The number of benzene rings is 2. The van der Waals surface area contributed by atoms with Crippen LogP contribution in [0, 0.1) is 17.3 Å². The van der Waals surface area contributed by atoms with Crippen molar-refractivity contribution in [3.8, 4) is 11.8 Å². The summed E-state index contributed by atoms with van der Waals surface area (Å²) in [6.45, 7) is 3.15. The van der Waals surface area contributed by atoms with Gasteiger partial charge >= 0.3 is 6.18 Å². The van der Waals surface area contributed by atoms with E-state index in [0.717, 1.165) is 24.7 Å². The molecular formula is C31H30ClF3N6O. The number of nitrogens with zero attached hydrogens (tertiary/aromatic N) is 4. The van der Waals surface area contributed by atoms with E-state index in [1.807, 2.05) is 11.9 Å². The first-order chi connectivity index (χ1) is 20.1. The average Bonchev–Trinajstić information content (AvgIpc) is 2.97. The maximum Gasteiger partial charge on any atom is 0.416 e. The fourth-order valence-corrected chi connectivity index (χ4v) is 4.67. The van der Waals surface area contributed by atoms with Crippen LogP contribution >= 0.6 is 11.6 Å². The first-order valence-corrected chi connectivity index (χ1v) is 13.6. The lowest BCUT2D eigenvalue weighted by atomic mass is 10.0. The number of carbonyl (C=O) groups excluding carboxylic acids is 1. The van der Waals surface area contributed by atoms with Crippen LogP contribution in [0.1, 0.15) is 44.1 Å². The molecule has 1 unspecified atom stereocenters. The molecule has 7 nitrogen and oxygen atoms in total. The second kappa shape index (κ2) is 13.7. The van der Waals surface area contributed by atoms with Crippen molar-refractivity contribution in [1.82, 2.24) is 14.8 Å². The van der Waals surface area contributed by atoms with Crippen molar-refractivity contribution in [3.05, 3.63) is 93.3 Å². The number of amides is 1. The molecule has 1 aliphatic heterocycles. The molecule has 2 aromatic carbocycles. The Morgan fingerprint density at radius 3 is 2.60 bits per heavy atom. The Kier molecular flexibility index (Phi) is 10.1. The molecule has 1 fully saturated rings. The van der Waals surface area contributed by atoms with Crippen LogP contribution in [0.3, 0.4) is 0 Å². The second-order valence-corrected chi connectivity index (χ2v) is 10.4. The molecule has 0 saturated carbocycles. The number of halogens is 4. The summed E-state index contributed by atoms with van der Waals surface area (Å²) in [5.41, 5.74) is 1.31. The Hall–Kier alpha value is -4.04. The van der Waals surface area contributed by atoms with Gasteiger partial charge in [-0.3, -0.25) is 19.7 Å². The van der Waals surface area contributed by atoms with Crippen molar-refractivity contribution in [2.75, 3.05) is 45.6 Å². The first-order valence-electron chi connectivity index (χ1n) is 13.2. The predicted molar refractivity (Wildman–Crippen MR) is 160 cm³/mol. The molecule has 1 aliphatic rings. The predicted octanol–water partition coefficient (Wildman–Crippen LogP) is 5.59. The summed E-state index contributed by atoms with van der Waals surface area (Å²) in [7, 11) is 3.61. The topological polar surface area (TPSA) is 84.7 Å². The molecule has 0 bridgehead atoms. The average molecular weight is 595 g/mol. The summed E-state index contributed by atoms with van der Waals surface area (Å²) in [6.07, 6.45) is 1.50. The number of anilines is 1. The molecule has 3 aromatic rings. The maximum absolute atomic E-state index is 14.0. The smallest absolute Gasteiger partial charge is 0.322 e. The van der Waals surface area contributed by atoms with Gasteiger partial charge in [0.15, 0.2) is 0 Å². The van der Waals surface area contributed by atoms with Crippen molar-refractivity contribution in [3.63, 3.8) is 0 Å². The van der Waals surface area contributed by atoms with E-state index in [9.17, 15) is 18.0 Å². The molecule has 4 rings (SSSR count). The van der Waals surface area contributed by atoms with E-state index in [1.165, 1.54) is 36.5 Å². The summed E-state index contributed by atoms with van der Waals surface area (Å²) in [5, 5.41) is 10.5. The number of hydrogen-bond donors (Lipinski definition) is 2. The van der Waals surface area contributed by atoms with E-state index in [4.69, 9.17) is 17.0 Å². The molecule has 11 heteroatoms. The highest BCUT2D eigenvalue weighted by atomic mass is 35.5. The highest BCUT2D eigenvalue weighted by Crippen LogP contribution is 2.35. The number of aliphatic imine (C=N–C) groups is 1. The highest BCUT2D eigenvalue weighted by Gasteiger charge is 2.34. The van der Waals surface area contributed by atoms with Gasteiger partial charge in [0.25, 0.3) is 5.91 Å². The van der Waals surface area contributed by atoms with E-state index in [0.29, 0.717) is 29.2 Å². The Balaban J connectivity index is 1.53. The summed E-state index contributed by atoms with van der Waals surface area (Å²) in [6, 6.07) is 10.2. The van der Waals surface area contributed by atoms with Gasteiger partial charge in [-0.25, -0.2) is 0 Å². The van der Waals surface area contributed by atoms with Crippen molar-refractivity contribution in [2.24, 2.45) is 4.99 Å². The van der Waals surface area contributed by atoms with E-state index in [1.54, 1.807) is 31.7 Å². The fraction of sp³-hybridized carbons (Fsp3) is 0.290. The lowest BCUT2D eigenvalue weighted by Crippen LogP contribution is -2.44. The number of pyridine rings is 1. The lowest BCUT2D eigenvalue weighted by Gasteiger charge is -2.33. The van der Waals surface area contributed by atoms with Crippen LogP contribution in [-0.4, -0.2) is 73.4 Å². The highest BCUT2D eigenvalue weighted by molar-refractivity contribution is 6.32. The normalized spacial score (nSPS) is 15.2. The van der Waals surface area contributed by atoms with Crippen LogP contribution in [0.4, 0.5) is 18.9 Å². The SMILES string of the molecule is CN=CC(C=N)c1cncc(C#Cc2cc(C(=O)Nc3ccc(CN4CCN(C)CC4)c(C(F)(F)F)c3)ccc2Cl)c1. The van der Waals surface area contributed by atoms with Crippen LogP contribution in [0.15, 0.2) is 59.9 Å². The lowest BCUT2D eigenvalue weighted by molar-refractivity contribution is -0.138. The Bertz CT molecular complexity index is 1540. The van der Waals surface area contributed by atoms with Gasteiger partial charge in [0.1, 0.15) is 0 Å². The molecule has 2 heterocycles. The molecule has 1 amide bonds. The van der Waals surface area contributed by atoms with Gasteiger partial charge in [0, 0.05) is 87.0 Å². The van der Waals surface area contributed by atoms with Gasteiger partial charge in [-0.15, -0.1) is 0 Å². The standard InChI is InChI=1S/C31H30ClF3N6O/c1-37-18-26(16-36)25-13-21(17-38-19-25)3-4-22-14-23(6-8-29(22)32)30(42)39-27-7-5-24(28(15-27)31(33,34)35)20-41-11-9-40(2)10-12-41/h5-8,13-19,26,36H,9-12,20H2,1-2H3,(H,39,42). The fourth-order valence-electron chi connectivity index (χ4n) is 4.50. The number of aromatic nitrogens is 1. The third-order valence-electron chi connectivity index (χ3n) is 6.87. The van der Waals surface area contributed by atoms with Crippen LogP contribution in [0.2, 0.25) is 5.02 Å². The molecular weight excluding hydrogens is 565 g/mol. The van der Waals surface area contributed by atoms with Crippen LogP contribution < -0.4 is 5.32 Å². The zero-order valence-corrected chi connectivity index (χ0v) is 23.9. The summed E-state index contributed by atoms with van der Waals surface area (Å²) < 4.78 is 41.9. The van der Waals surface area contributed by atoms with E-state index >= 15 is 0 Å². The molecule has 0 radical (unpaired) electrons. The monoisotopic (exact) mass is 594 g/mol. The van der Waals surface area contributed by atoms with Crippen molar-refractivity contribution >= 4 is 35.6 Å². The Labute approximate surface area is 247 Å². The number of carbonyl (C=O) groups is 1. The first kappa shape index (κ1) is 30.9. The van der Waals surface area contributed by atoms with Crippen LogP contribution in [0.25, 0.3) is 0 Å². The summed E-state index contributed by atoms with van der Waals surface area (Å²) in [4.78, 5) is 25.3. The molecule has 218 valence electrons. The van der Waals surface area contributed by atoms with Crippen molar-refractivity contribution < 1.29 is 18.0 Å². The molecule has 42 heavy (non-hydrogen) atoms. The molecule has 1 aromatic heterocycles. The Morgan fingerprint density at radius 1 is 1.14 bits per heavy atom. The summed E-state index contributed by atoms with van der Waals surface area (Å²) >= 11 is 6.32. The van der Waals surface area contributed by atoms with Crippen LogP contribution in [-0.2, 0) is 12.7 Å². The van der Waals surface area contributed by atoms with Gasteiger partial charge < -0.3 is 15.6 Å². The third-order valence-corrected chi connectivity index (χ3v) is 7.20. The number of piperazine rings is 1. The zero-order valence-electron chi connectivity index (χ0n) is 23.2. The Morgan fingerprint density at radius 2 is 1.90 bits per heavy atom. The largest absolute Gasteiger partial charge is 0.416 e. The van der Waals surface area contributed by atoms with E-state index < -0.39 is 17.6 Å². The molecule has 0 spiro atoms. The van der Waals surface area contributed by atoms with Crippen molar-refractivity contribution in [2.45, 2.75) is 18.6 Å². The van der Waals surface area contributed by atoms with E-state index in [-0.39, 0.29) is 29.3 Å². The number of hydrogen-bond acceptors (Lipinski definition) is 6. The molecule has 1 atom stereocenters. The van der Waals surface area contributed by atoms with Crippen LogP contribution in [0.5, 0.6) is 0 Å². The zero-order chi connectivity index (χ0) is 30.3. The third kappa shape index (κ3) is 8.03. The van der Waals surface area contributed by atoms with Gasteiger partial charge in [-0.05, 0) is 54.6 Å². The van der Waals surface area contributed by atoms with Gasteiger partial charge in [0.05, 0.1) is 16.5 Å². The van der Waals surface area contributed by atoms with E-state index in [2.05, 4.69) is 32.0 Å². The molecule has 2 N–H and O–H groups in total. The minimum Gasteiger partial charge on any atom is -0.322 e. The number of nitrogens with one attached hydrogen (secondary N) is 2. The number of likely N-dealkylation sites (N-methyl/N-ethyl adjacent to an activating group) is 1. The van der Waals surface area contributed by atoms with Gasteiger partial charge in [-0.1, -0.05) is 29.5 Å². The van der Waals surface area contributed by atoms with Gasteiger partial charge in [0.2, 0.25) is 0 Å². The number of alkyl halides is 3. The van der Waals surface area contributed by atoms with Gasteiger partial charge in [-0.2, -0.15) is 13.2 Å². The quantitative estimate of drug-likeness (QED) is 0.276. The summed E-state index contributed by atoms with van der Waals surface area (Å²) in [5.74, 6) is 4.97. The second-order valence-electron chi connectivity index (χ2n) is 9.95. The minimum atomic E-state index is -4.57. The molecule has 1 saturated heterocycles. The minimum absolute atomic E-state index is 0.0382.